The number of hydrogen-bond donors (Lipinski definition) is 2. The first kappa shape index (κ1) is 18.4. The Morgan fingerprint density at radius 2 is 2.00 bits per heavy atom. The highest BCUT2D eigenvalue weighted by atomic mass is 16.5. The van der Waals surface area contributed by atoms with E-state index in [1.807, 2.05) is 13.0 Å². The zero-order chi connectivity index (χ0) is 19.6. The molecule has 0 aliphatic rings. The average molecular weight is 367 g/mol. The van der Waals surface area contributed by atoms with Gasteiger partial charge >= 0.3 is 5.97 Å². The van der Waals surface area contributed by atoms with E-state index in [0.717, 1.165) is 5.39 Å². The Kier molecular flexibility index (Phi) is 5.12. The second-order valence-corrected chi connectivity index (χ2v) is 5.99. The first-order valence-corrected chi connectivity index (χ1v) is 8.54. The lowest BCUT2D eigenvalue weighted by Crippen LogP contribution is -2.14. The smallest absolute Gasteiger partial charge is 0.339 e. The third kappa shape index (κ3) is 3.23. The van der Waals surface area contributed by atoms with Gasteiger partial charge in [-0.1, -0.05) is 6.92 Å². The molecule has 140 valence electrons. The molecule has 0 aliphatic carbocycles. The van der Waals surface area contributed by atoms with Gasteiger partial charge in [-0.15, -0.1) is 0 Å². The molecule has 7 heteroatoms. The minimum Gasteiger partial charge on any atom is -0.494 e. The first-order valence-electron chi connectivity index (χ1n) is 8.54. The van der Waals surface area contributed by atoms with Crippen LogP contribution in [-0.2, 0) is 11.2 Å². The van der Waals surface area contributed by atoms with Gasteiger partial charge in [0.25, 0.3) is 5.91 Å². The quantitative estimate of drug-likeness (QED) is 0.674. The van der Waals surface area contributed by atoms with Crippen molar-refractivity contribution in [2.75, 3.05) is 19.5 Å². The van der Waals surface area contributed by atoms with Crippen molar-refractivity contribution in [3.8, 4) is 5.75 Å². The van der Waals surface area contributed by atoms with Crippen molar-refractivity contribution in [1.82, 2.24) is 9.97 Å². The molecular weight excluding hydrogens is 346 g/mol. The van der Waals surface area contributed by atoms with Gasteiger partial charge in [-0.05, 0) is 43.2 Å². The molecule has 2 aromatic heterocycles. The number of rotatable bonds is 5. The topological polar surface area (TPSA) is 93.3 Å². The van der Waals surface area contributed by atoms with Crippen LogP contribution in [0.2, 0.25) is 0 Å². The Morgan fingerprint density at radius 3 is 2.67 bits per heavy atom. The molecule has 1 aromatic carbocycles. The van der Waals surface area contributed by atoms with Gasteiger partial charge in [-0.25, -0.2) is 4.79 Å². The highest BCUT2D eigenvalue weighted by molar-refractivity contribution is 6.10. The minimum atomic E-state index is -0.459. The molecule has 3 rings (SSSR count). The Hall–Kier alpha value is -3.35. The Balaban J connectivity index is 2.01. The molecule has 0 atom stereocenters. The number of esters is 1. The SMILES string of the molecule is CCc1[nH]c(C(=O)Nc2ccc(OC)c3ncccc23)c(C)c1C(=O)OC. The van der Waals surface area contributed by atoms with E-state index in [4.69, 9.17) is 9.47 Å². The van der Waals surface area contributed by atoms with E-state index in [1.165, 1.54) is 7.11 Å². The number of aromatic nitrogens is 2. The van der Waals surface area contributed by atoms with E-state index in [2.05, 4.69) is 15.3 Å². The summed E-state index contributed by atoms with van der Waals surface area (Å²) in [5, 5.41) is 3.66. The molecule has 0 aliphatic heterocycles. The average Bonchev–Trinajstić information content (AvgIpc) is 3.04. The molecule has 7 nitrogen and oxygen atoms in total. The molecule has 1 amide bonds. The Morgan fingerprint density at radius 1 is 1.22 bits per heavy atom. The molecule has 0 fully saturated rings. The van der Waals surface area contributed by atoms with Gasteiger partial charge in [0, 0.05) is 17.3 Å². The highest BCUT2D eigenvalue weighted by Gasteiger charge is 2.24. The van der Waals surface area contributed by atoms with Gasteiger partial charge in [0.1, 0.15) is 17.0 Å². The van der Waals surface area contributed by atoms with Crippen molar-refractivity contribution >= 4 is 28.5 Å². The van der Waals surface area contributed by atoms with Gasteiger partial charge in [0.2, 0.25) is 0 Å². The van der Waals surface area contributed by atoms with E-state index in [1.54, 1.807) is 38.4 Å². The van der Waals surface area contributed by atoms with Gasteiger partial charge in [-0.3, -0.25) is 9.78 Å². The molecule has 2 heterocycles. The number of pyridine rings is 1. The van der Waals surface area contributed by atoms with Crippen molar-refractivity contribution < 1.29 is 19.1 Å². The van der Waals surface area contributed by atoms with Crippen LogP contribution in [0.5, 0.6) is 5.75 Å². The Bertz CT molecular complexity index is 1020. The molecular formula is C20H21N3O4. The molecule has 0 saturated heterocycles. The number of carbonyl (C=O) groups is 2. The van der Waals surface area contributed by atoms with Gasteiger partial charge in [0.15, 0.2) is 0 Å². The van der Waals surface area contributed by atoms with E-state index >= 15 is 0 Å². The van der Waals surface area contributed by atoms with Crippen LogP contribution in [0.15, 0.2) is 30.5 Å². The summed E-state index contributed by atoms with van der Waals surface area (Å²) in [6.07, 6.45) is 2.25. The van der Waals surface area contributed by atoms with Crippen LogP contribution in [0.4, 0.5) is 5.69 Å². The lowest BCUT2D eigenvalue weighted by atomic mass is 10.1. The van der Waals surface area contributed by atoms with Crippen molar-refractivity contribution in [3.05, 3.63) is 53.0 Å². The van der Waals surface area contributed by atoms with Crippen LogP contribution in [0.3, 0.4) is 0 Å². The number of H-pyrrole nitrogens is 1. The first-order chi connectivity index (χ1) is 13.0. The summed E-state index contributed by atoms with van der Waals surface area (Å²) in [7, 11) is 2.90. The summed E-state index contributed by atoms with van der Waals surface area (Å²) in [5.41, 5.74) is 3.24. The predicted molar refractivity (Wildman–Crippen MR) is 102 cm³/mol. The zero-order valence-corrected chi connectivity index (χ0v) is 15.7. The number of methoxy groups -OCH3 is 2. The molecule has 27 heavy (non-hydrogen) atoms. The fourth-order valence-electron chi connectivity index (χ4n) is 3.13. The fourth-order valence-corrected chi connectivity index (χ4v) is 3.13. The van der Waals surface area contributed by atoms with Crippen LogP contribution in [0.1, 0.15) is 39.0 Å². The minimum absolute atomic E-state index is 0.333. The second kappa shape index (κ2) is 7.49. The maximum atomic E-state index is 12.9. The monoisotopic (exact) mass is 367 g/mol. The number of benzene rings is 1. The van der Waals surface area contributed by atoms with Crippen LogP contribution >= 0.6 is 0 Å². The van der Waals surface area contributed by atoms with Crippen LogP contribution in [0, 0.1) is 6.92 Å². The van der Waals surface area contributed by atoms with E-state index in [9.17, 15) is 9.59 Å². The van der Waals surface area contributed by atoms with Crippen molar-refractivity contribution in [2.24, 2.45) is 0 Å². The normalized spacial score (nSPS) is 10.7. The molecule has 2 N–H and O–H groups in total. The van der Waals surface area contributed by atoms with Gasteiger partial charge in [-0.2, -0.15) is 0 Å². The highest BCUT2D eigenvalue weighted by Crippen LogP contribution is 2.30. The summed E-state index contributed by atoms with van der Waals surface area (Å²) in [4.78, 5) is 32.3. The fraction of sp³-hybridized carbons (Fsp3) is 0.250. The third-order valence-electron chi connectivity index (χ3n) is 4.50. The Labute approximate surface area is 156 Å². The summed E-state index contributed by atoms with van der Waals surface area (Å²) in [6, 6.07) is 7.17. The van der Waals surface area contributed by atoms with E-state index < -0.39 is 5.97 Å². The number of hydrogen-bond acceptors (Lipinski definition) is 5. The second-order valence-electron chi connectivity index (χ2n) is 5.99. The van der Waals surface area contributed by atoms with Crippen LogP contribution in [-0.4, -0.2) is 36.1 Å². The van der Waals surface area contributed by atoms with E-state index in [0.29, 0.717) is 45.9 Å². The predicted octanol–water partition coefficient (Wildman–Crippen LogP) is 3.48. The lowest BCUT2D eigenvalue weighted by Gasteiger charge is -2.11. The maximum Gasteiger partial charge on any atom is 0.339 e. The number of amides is 1. The molecule has 3 aromatic rings. The largest absolute Gasteiger partial charge is 0.494 e. The number of ether oxygens (including phenoxy) is 2. The summed E-state index contributed by atoms with van der Waals surface area (Å²) < 4.78 is 10.2. The van der Waals surface area contributed by atoms with Crippen LogP contribution < -0.4 is 10.1 Å². The summed E-state index contributed by atoms with van der Waals surface area (Å²) >= 11 is 0. The van der Waals surface area contributed by atoms with Gasteiger partial charge < -0.3 is 19.8 Å². The number of aryl methyl sites for hydroxylation is 1. The van der Waals surface area contributed by atoms with Crippen molar-refractivity contribution in [3.63, 3.8) is 0 Å². The molecule has 0 spiro atoms. The maximum absolute atomic E-state index is 12.9. The number of nitrogens with zero attached hydrogens (tertiary/aromatic N) is 1. The molecule has 0 unspecified atom stereocenters. The number of carbonyl (C=O) groups excluding carboxylic acids is 2. The number of fused-ring (bicyclic) bond motifs is 1. The molecule has 0 saturated carbocycles. The summed E-state index contributed by atoms with van der Waals surface area (Å²) in [5.74, 6) is -0.174. The van der Waals surface area contributed by atoms with Crippen molar-refractivity contribution in [1.29, 1.82) is 0 Å². The lowest BCUT2D eigenvalue weighted by molar-refractivity contribution is 0.0599. The summed E-state index contributed by atoms with van der Waals surface area (Å²) in [6.45, 7) is 3.63. The zero-order valence-electron chi connectivity index (χ0n) is 15.7. The van der Waals surface area contributed by atoms with Crippen molar-refractivity contribution in [2.45, 2.75) is 20.3 Å². The van der Waals surface area contributed by atoms with Crippen LogP contribution in [0.25, 0.3) is 10.9 Å². The number of nitrogens with one attached hydrogen (secondary N) is 2. The third-order valence-corrected chi connectivity index (χ3v) is 4.50. The number of anilines is 1. The molecule has 0 bridgehead atoms. The van der Waals surface area contributed by atoms with Gasteiger partial charge in [0.05, 0.1) is 25.5 Å². The standard InChI is InChI=1S/C20H21N3O4/c1-5-13-16(20(25)27-4)11(2)17(22-13)19(24)23-14-8-9-15(26-3)18-12(14)7-6-10-21-18/h6-10,22H,5H2,1-4H3,(H,23,24). The molecule has 0 radical (unpaired) electrons. The van der Waals surface area contributed by atoms with E-state index in [-0.39, 0.29) is 5.91 Å². The number of aromatic amines is 1.